The molecule has 0 N–H and O–H groups in total. The van der Waals surface area contributed by atoms with Crippen LogP contribution in [-0.4, -0.2) is 19.1 Å². The van der Waals surface area contributed by atoms with Crippen LogP contribution >= 0.6 is 0 Å². The highest BCUT2D eigenvalue weighted by Gasteiger charge is 2.10. The summed E-state index contributed by atoms with van der Waals surface area (Å²) < 4.78 is 17.3. The first kappa shape index (κ1) is 17.4. The molecule has 0 bridgehead atoms. The summed E-state index contributed by atoms with van der Waals surface area (Å²) in [5.41, 5.74) is 6.23. The van der Waals surface area contributed by atoms with Gasteiger partial charge in [0.1, 0.15) is 5.82 Å². The Bertz CT molecular complexity index is 1280. The fourth-order valence-corrected chi connectivity index (χ4v) is 3.63. The average Bonchev–Trinajstić information content (AvgIpc) is 3.36. The second kappa shape index (κ2) is 7.02. The van der Waals surface area contributed by atoms with E-state index in [0.717, 1.165) is 39.1 Å². The Morgan fingerprint density at radius 3 is 2.41 bits per heavy atom. The molecule has 2 aromatic carbocycles. The predicted octanol–water partition coefficient (Wildman–Crippen LogP) is 5.38. The van der Waals surface area contributed by atoms with Gasteiger partial charge >= 0.3 is 0 Å². The summed E-state index contributed by atoms with van der Waals surface area (Å²) in [7, 11) is 0. The largest absolute Gasteiger partial charge is 0.343 e. The summed E-state index contributed by atoms with van der Waals surface area (Å²) in [6.45, 7) is 2.66. The quantitative estimate of drug-likeness (QED) is 0.418. The number of nitrogens with zero attached hydrogens (tertiary/aromatic N) is 4. The van der Waals surface area contributed by atoms with Crippen LogP contribution in [-0.2, 0) is 6.54 Å². The van der Waals surface area contributed by atoms with Gasteiger partial charge in [-0.25, -0.2) is 9.37 Å². The van der Waals surface area contributed by atoms with Gasteiger partial charge in [-0.05, 0) is 48.9 Å². The van der Waals surface area contributed by atoms with Gasteiger partial charge in [0.25, 0.3) is 0 Å². The molecule has 0 aliphatic heterocycles. The van der Waals surface area contributed by atoms with Crippen LogP contribution in [0.2, 0.25) is 0 Å². The number of hydrogen-bond acceptors (Lipinski definition) is 2. The maximum Gasteiger partial charge on any atom is 0.123 e. The van der Waals surface area contributed by atoms with Crippen LogP contribution in [0.25, 0.3) is 27.8 Å². The molecule has 3 heterocycles. The Morgan fingerprint density at radius 2 is 1.69 bits per heavy atom. The summed E-state index contributed by atoms with van der Waals surface area (Å²) >= 11 is 0. The maximum atomic E-state index is 13.2. The second-order valence-electron chi connectivity index (χ2n) is 7.13. The molecular formula is C24H19FN4. The number of halogens is 1. The number of aryl methyl sites for hydroxylation is 1. The van der Waals surface area contributed by atoms with Gasteiger partial charge in [0.2, 0.25) is 0 Å². The molecule has 5 heteroatoms. The first-order valence-corrected chi connectivity index (χ1v) is 9.47. The number of imidazole rings is 1. The van der Waals surface area contributed by atoms with E-state index in [1.807, 2.05) is 48.4 Å². The van der Waals surface area contributed by atoms with E-state index in [1.54, 1.807) is 0 Å². The highest BCUT2D eigenvalue weighted by Crippen LogP contribution is 2.28. The molecule has 0 spiro atoms. The van der Waals surface area contributed by atoms with Gasteiger partial charge in [-0.3, -0.25) is 4.98 Å². The molecule has 0 saturated carbocycles. The Kier molecular flexibility index (Phi) is 4.21. The summed E-state index contributed by atoms with van der Waals surface area (Å²) in [6, 6.07) is 19.1. The predicted molar refractivity (Wildman–Crippen MR) is 113 cm³/mol. The molecule has 0 aliphatic carbocycles. The van der Waals surface area contributed by atoms with Gasteiger partial charge in [0.05, 0.1) is 23.2 Å². The normalized spacial score (nSPS) is 11.2. The third-order valence-corrected chi connectivity index (χ3v) is 5.11. The lowest BCUT2D eigenvalue weighted by molar-refractivity contribution is 0.626. The minimum absolute atomic E-state index is 0.216. The van der Waals surface area contributed by atoms with E-state index < -0.39 is 0 Å². The second-order valence-corrected chi connectivity index (χ2v) is 7.13. The first-order valence-electron chi connectivity index (χ1n) is 9.47. The number of hydrogen-bond donors (Lipinski definition) is 0. The number of fused-ring (bicyclic) bond motifs is 1. The Balaban J connectivity index is 1.49. The third-order valence-electron chi connectivity index (χ3n) is 5.11. The lowest BCUT2D eigenvalue weighted by Gasteiger charge is -2.08. The molecule has 3 aromatic heterocycles. The van der Waals surface area contributed by atoms with Gasteiger partial charge in [0.15, 0.2) is 0 Å². The monoisotopic (exact) mass is 382 g/mol. The van der Waals surface area contributed by atoms with Crippen molar-refractivity contribution in [3.05, 3.63) is 103 Å². The number of aromatic nitrogens is 4. The van der Waals surface area contributed by atoms with E-state index in [2.05, 4.69) is 51.1 Å². The van der Waals surface area contributed by atoms with E-state index in [4.69, 9.17) is 0 Å². The van der Waals surface area contributed by atoms with Crippen molar-refractivity contribution in [2.75, 3.05) is 0 Å². The van der Waals surface area contributed by atoms with Crippen LogP contribution in [0.4, 0.5) is 4.39 Å². The van der Waals surface area contributed by atoms with Crippen molar-refractivity contribution >= 4 is 10.9 Å². The molecule has 142 valence electrons. The zero-order chi connectivity index (χ0) is 19.8. The average molecular weight is 382 g/mol. The van der Waals surface area contributed by atoms with Crippen molar-refractivity contribution in [2.24, 2.45) is 0 Å². The SMILES string of the molecule is Cc1cn(-c2ccc(-c3nccc4c3ccn4Cc3ccc(F)cc3)cc2)cn1. The number of pyridine rings is 1. The molecule has 4 nitrogen and oxygen atoms in total. The van der Waals surface area contributed by atoms with Crippen molar-refractivity contribution < 1.29 is 4.39 Å². The van der Waals surface area contributed by atoms with Crippen molar-refractivity contribution in [3.8, 4) is 16.9 Å². The molecule has 0 unspecified atom stereocenters. The fraction of sp³-hybridized carbons (Fsp3) is 0.0833. The van der Waals surface area contributed by atoms with Crippen molar-refractivity contribution in [2.45, 2.75) is 13.5 Å². The molecule has 5 rings (SSSR count). The van der Waals surface area contributed by atoms with Crippen LogP contribution in [0.5, 0.6) is 0 Å². The lowest BCUT2D eigenvalue weighted by Crippen LogP contribution is -1.98. The molecule has 0 aliphatic rings. The van der Waals surface area contributed by atoms with Gasteiger partial charge in [-0.15, -0.1) is 0 Å². The molecule has 0 atom stereocenters. The molecule has 0 radical (unpaired) electrons. The summed E-state index contributed by atoms with van der Waals surface area (Å²) in [6.07, 6.45) is 7.72. The topological polar surface area (TPSA) is 35.6 Å². The van der Waals surface area contributed by atoms with E-state index >= 15 is 0 Å². The zero-order valence-electron chi connectivity index (χ0n) is 16.0. The van der Waals surface area contributed by atoms with Gasteiger partial charge in [-0.1, -0.05) is 24.3 Å². The van der Waals surface area contributed by atoms with Crippen LogP contribution in [0.15, 0.2) is 85.6 Å². The molecular weight excluding hydrogens is 363 g/mol. The smallest absolute Gasteiger partial charge is 0.123 e. The van der Waals surface area contributed by atoms with E-state index in [9.17, 15) is 4.39 Å². The lowest BCUT2D eigenvalue weighted by atomic mass is 10.1. The van der Waals surface area contributed by atoms with E-state index in [1.165, 1.54) is 12.1 Å². The van der Waals surface area contributed by atoms with Crippen LogP contribution in [0.1, 0.15) is 11.3 Å². The fourth-order valence-electron chi connectivity index (χ4n) is 3.63. The highest BCUT2D eigenvalue weighted by molar-refractivity contribution is 5.93. The van der Waals surface area contributed by atoms with Crippen molar-refractivity contribution in [1.82, 2.24) is 19.1 Å². The minimum atomic E-state index is -0.216. The van der Waals surface area contributed by atoms with Gasteiger partial charge in [-0.2, -0.15) is 0 Å². The molecule has 0 fully saturated rings. The van der Waals surface area contributed by atoms with E-state index in [0.29, 0.717) is 6.54 Å². The maximum absolute atomic E-state index is 13.2. The minimum Gasteiger partial charge on any atom is -0.343 e. The summed E-state index contributed by atoms with van der Waals surface area (Å²) in [5.74, 6) is -0.216. The standard InChI is InChI=1S/C24H19FN4/c1-17-14-29(16-27-17)21-8-4-19(5-9-21)24-22-11-13-28(23(22)10-12-26-24)15-18-2-6-20(25)7-3-18/h2-14,16H,15H2,1H3. The van der Waals surface area contributed by atoms with Gasteiger partial charge < -0.3 is 9.13 Å². The van der Waals surface area contributed by atoms with E-state index in [-0.39, 0.29) is 5.82 Å². The van der Waals surface area contributed by atoms with Crippen molar-refractivity contribution in [3.63, 3.8) is 0 Å². The first-order chi connectivity index (χ1) is 14.2. The van der Waals surface area contributed by atoms with Crippen LogP contribution in [0.3, 0.4) is 0 Å². The van der Waals surface area contributed by atoms with Crippen LogP contribution in [0, 0.1) is 12.7 Å². The third kappa shape index (κ3) is 3.31. The highest BCUT2D eigenvalue weighted by atomic mass is 19.1. The molecule has 0 saturated heterocycles. The summed E-state index contributed by atoms with van der Waals surface area (Å²) in [4.78, 5) is 8.92. The molecule has 0 amide bonds. The zero-order valence-corrected chi connectivity index (χ0v) is 16.0. The molecule has 5 aromatic rings. The van der Waals surface area contributed by atoms with Gasteiger partial charge in [0, 0.05) is 41.8 Å². The summed E-state index contributed by atoms with van der Waals surface area (Å²) in [5, 5.41) is 1.10. The Labute approximate surface area is 167 Å². The number of rotatable bonds is 4. The Morgan fingerprint density at radius 1 is 0.897 bits per heavy atom. The Hall–Kier alpha value is -3.73. The van der Waals surface area contributed by atoms with Crippen molar-refractivity contribution in [1.29, 1.82) is 0 Å². The van der Waals surface area contributed by atoms with Crippen LogP contribution < -0.4 is 0 Å². The number of benzene rings is 2. The molecule has 29 heavy (non-hydrogen) atoms.